The summed E-state index contributed by atoms with van der Waals surface area (Å²) < 4.78 is 48.8. The number of nitrogens with zero attached hydrogens (tertiary/aromatic N) is 2. The van der Waals surface area contributed by atoms with Gasteiger partial charge in [-0.15, -0.1) is 0 Å². The molecule has 0 bridgehead atoms. The summed E-state index contributed by atoms with van der Waals surface area (Å²) in [6.07, 6.45) is -4.50. The van der Waals surface area contributed by atoms with Gasteiger partial charge in [0, 0.05) is 18.8 Å². The monoisotopic (exact) mass is 319 g/mol. The molecule has 0 aromatic heterocycles. The smallest absolute Gasteiger partial charge is 0.345 e. The molecule has 0 atom stereocenters. The van der Waals surface area contributed by atoms with Crippen molar-refractivity contribution in [3.05, 3.63) is 30.1 Å². The second-order valence-electron chi connectivity index (χ2n) is 4.72. The van der Waals surface area contributed by atoms with E-state index in [2.05, 4.69) is 0 Å². The second kappa shape index (κ2) is 6.20. The van der Waals surface area contributed by atoms with Gasteiger partial charge in [-0.3, -0.25) is 9.69 Å². The molecule has 1 aliphatic heterocycles. The van der Waals surface area contributed by atoms with Gasteiger partial charge >= 0.3 is 12.2 Å². The van der Waals surface area contributed by atoms with Gasteiger partial charge in [0.2, 0.25) is 5.91 Å². The first-order valence-corrected chi connectivity index (χ1v) is 6.42. The second-order valence-corrected chi connectivity index (χ2v) is 4.72. The van der Waals surface area contributed by atoms with Crippen LogP contribution in [0.1, 0.15) is 0 Å². The number of anilines is 1. The Morgan fingerprint density at radius 3 is 2.41 bits per heavy atom. The van der Waals surface area contributed by atoms with Crippen LogP contribution >= 0.6 is 0 Å². The summed E-state index contributed by atoms with van der Waals surface area (Å²) in [7, 11) is 0. The van der Waals surface area contributed by atoms with Gasteiger partial charge in [-0.25, -0.2) is 9.18 Å². The number of urea groups is 1. The SMILES string of the molecule is O=C(CN1CCN(c2ccc(F)cc2)C1=O)NCC(F)(F)F. The standard InChI is InChI=1S/C13H13F4N3O2/c14-9-1-3-10(4-2-9)20-6-5-19(12(20)22)7-11(21)18-8-13(15,16)17/h1-4H,5-8H2,(H,18,21). The molecule has 9 heteroatoms. The van der Waals surface area contributed by atoms with Crippen molar-refractivity contribution >= 4 is 17.6 Å². The highest BCUT2D eigenvalue weighted by Crippen LogP contribution is 2.20. The third-order valence-corrected chi connectivity index (χ3v) is 3.05. The molecule has 1 aliphatic rings. The molecule has 0 radical (unpaired) electrons. The minimum absolute atomic E-state index is 0.204. The van der Waals surface area contributed by atoms with Crippen molar-refractivity contribution in [2.24, 2.45) is 0 Å². The summed E-state index contributed by atoms with van der Waals surface area (Å²) in [4.78, 5) is 26.0. The summed E-state index contributed by atoms with van der Waals surface area (Å²) in [6.45, 7) is -1.41. The third-order valence-electron chi connectivity index (χ3n) is 3.05. The van der Waals surface area contributed by atoms with E-state index in [0.29, 0.717) is 5.69 Å². The van der Waals surface area contributed by atoms with Gasteiger partial charge in [-0.2, -0.15) is 13.2 Å². The lowest BCUT2D eigenvalue weighted by molar-refractivity contribution is -0.138. The van der Waals surface area contributed by atoms with E-state index in [4.69, 9.17) is 0 Å². The predicted octanol–water partition coefficient (Wildman–Crippen LogP) is 1.75. The van der Waals surface area contributed by atoms with Crippen LogP contribution in [-0.2, 0) is 4.79 Å². The van der Waals surface area contributed by atoms with Crippen LogP contribution in [0.5, 0.6) is 0 Å². The number of alkyl halides is 3. The Bertz CT molecular complexity index is 559. The number of nitrogens with one attached hydrogen (secondary N) is 1. The number of benzene rings is 1. The number of carbonyl (C=O) groups is 2. The van der Waals surface area contributed by atoms with Crippen molar-refractivity contribution in [3.63, 3.8) is 0 Å². The number of hydrogen-bond donors (Lipinski definition) is 1. The number of hydrogen-bond acceptors (Lipinski definition) is 2. The van der Waals surface area contributed by atoms with Gasteiger partial charge in [-0.05, 0) is 24.3 Å². The zero-order valence-electron chi connectivity index (χ0n) is 11.4. The number of carbonyl (C=O) groups excluding carboxylic acids is 2. The molecule has 1 saturated heterocycles. The van der Waals surface area contributed by atoms with Gasteiger partial charge < -0.3 is 10.2 Å². The molecule has 1 heterocycles. The predicted molar refractivity (Wildman–Crippen MR) is 69.8 cm³/mol. The zero-order chi connectivity index (χ0) is 16.3. The quantitative estimate of drug-likeness (QED) is 0.860. The molecule has 0 aliphatic carbocycles. The van der Waals surface area contributed by atoms with Crippen LogP contribution < -0.4 is 10.2 Å². The van der Waals surface area contributed by atoms with Crippen LogP contribution in [0.3, 0.4) is 0 Å². The van der Waals surface area contributed by atoms with Crippen LogP contribution in [0.2, 0.25) is 0 Å². The van der Waals surface area contributed by atoms with E-state index in [1.54, 1.807) is 5.32 Å². The Balaban J connectivity index is 1.91. The first-order valence-electron chi connectivity index (χ1n) is 6.42. The fraction of sp³-hybridized carbons (Fsp3) is 0.385. The van der Waals surface area contributed by atoms with E-state index in [-0.39, 0.29) is 13.1 Å². The minimum atomic E-state index is -4.50. The Labute approximate surface area is 123 Å². The lowest BCUT2D eigenvalue weighted by Gasteiger charge is -2.18. The summed E-state index contributed by atoms with van der Waals surface area (Å²) in [5.74, 6) is -1.33. The Kier molecular flexibility index (Phi) is 4.53. The lowest BCUT2D eigenvalue weighted by Crippen LogP contribution is -2.42. The highest BCUT2D eigenvalue weighted by atomic mass is 19.4. The topological polar surface area (TPSA) is 52.7 Å². The van der Waals surface area contributed by atoms with E-state index >= 15 is 0 Å². The third kappa shape index (κ3) is 4.09. The molecular formula is C13H13F4N3O2. The zero-order valence-corrected chi connectivity index (χ0v) is 11.4. The van der Waals surface area contributed by atoms with Gasteiger partial charge in [0.25, 0.3) is 0 Å². The first-order chi connectivity index (χ1) is 10.3. The summed E-state index contributed by atoms with van der Waals surface area (Å²) >= 11 is 0. The van der Waals surface area contributed by atoms with Gasteiger partial charge in [0.1, 0.15) is 18.9 Å². The van der Waals surface area contributed by atoms with E-state index in [9.17, 15) is 27.2 Å². The number of rotatable bonds is 4. The van der Waals surface area contributed by atoms with Crippen molar-refractivity contribution in [1.29, 1.82) is 0 Å². The number of halogens is 4. The Hall–Kier alpha value is -2.32. The van der Waals surface area contributed by atoms with Gasteiger partial charge in [0.05, 0.1) is 0 Å². The highest BCUT2D eigenvalue weighted by molar-refractivity contribution is 5.96. The summed E-state index contributed by atoms with van der Waals surface area (Å²) in [6, 6.07) is 4.72. The van der Waals surface area contributed by atoms with Gasteiger partial charge in [-0.1, -0.05) is 0 Å². The largest absolute Gasteiger partial charge is 0.405 e. The molecule has 3 amide bonds. The lowest BCUT2D eigenvalue weighted by atomic mass is 10.3. The first kappa shape index (κ1) is 16.1. The Morgan fingerprint density at radius 2 is 1.82 bits per heavy atom. The maximum absolute atomic E-state index is 12.8. The summed E-state index contributed by atoms with van der Waals surface area (Å²) in [5.41, 5.74) is 0.463. The van der Waals surface area contributed by atoms with Crippen molar-refractivity contribution in [2.45, 2.75) is 6.18 Å². The molecule has 1 N–H and O–H groups in total. The van der Waals surface area contributed by atoms with Crippen molar-refractivity contribution in [1.82, 2.24) is 10.2 Å². The molecular weight excluding hydrogens is 306 g/mol. The van der Waals surface area contributed by atoms with Crippen molar-refractivity contribution in [3.8, 4) is 0 Å². The Morgan fingerprint density at radius 1 is 1.18 bits per heavy atom. The molecule has 22 heavy (non-hydrogen) atoms. The molecule has 0 unspecified atom stereocenters. The average molecular weight is 319 g/mol. The van der Waals surface area contributed by atoms with Crippen LogP contribution in [-0.4, -0.2) is 49.2 Å². The maximum Gasteiger partial charge on any atom is 0.405 e. The molecule has 1 aromatic rings. The van der Waals surface area contributed by atoms with Crippen molar-refractivity contribution < 1.29 is 27.2 Å². The average Bonchev–Trinajstić information content (AvgIpc) is 2.78. The molecule has 120 valence electrons. The van der Waals surface area contributed by atoms with Crippen molar-refractivity contribution in [2.75, 3.05) is 31.1 Å². The van der Waals surface area contributed by atoms with E-state index in [1.165, 1.54) is 29.2 Å². The van der Waals surface area contributed by atoms with Crippen LogP contribution in [0.4, 0.5) is 28.0 Å². The fourth-order valence-electron chi connectivity index (χ4n) is 2.02. The molecule has 1 fully saturated rings. The van der Waals surface area contributed by atoms with Gasteiger partial charge in [0.15, 0.2) is 0 Å². The fourth-order valence-corrected chi connectivity index (χ4v) is 2.02. The van der Waals surface area contributed by atoms with E-state index < -0.39 is 37.0 Å². The molecule has 0 spiro atoms. The minimum Gasteiger partial charge on any atom is -0.345 e. The van der Waals surface area contributed by atoms with E-state index in [1.807, 2.05) is 0 Å². The summed E-state index contributed by atoms with van der Waals surface area (Å²) in [5, 5.41) is 1.71. The van der Waals surface area contributed by atoms with Crippen LogP contribution in [0.15, 0.2) is 24.3 Å². The molecule has 1 aromatic carbocycles. The van der Waals surface area contributed by atoms with Crippen LogP contribution in [0.25, 0.3) is 0 Å². The molecule has 0 saturated carbocycles. The van der Waals surface area contributed by atoms with E-state index in [0.717, 1.165) is 4.90 Å². The molecule has 5 nitrogen and oxygen atoms in total. The normalized spacial score (nSPS) is 15.4. The molecule has 2 rings (SSSR count). The van der Waals surface area contributed by atoms with Crippen LogP contribution in [0, 0.1) is 5.82 Å². The maximum atomic E-state index is 12.8. The number of amides is 3. The highest BCUT2D eigenvalue weighted by Gasteiger charge is 2.32.